The number of benzene rings is 1. The lowest BCUT2D eigenvalue weighted by atomic mass is 10.1. The van der Waals surface area contributed by atoms with Gasteiger partial charge in [-0.25, -0.2) is 4.79 Å². The largest absolute Gasteiger partial charge is 0.462 e. The zero-order valence-electron chi connectivity index (χ0n) is 10.1. The molecule has 0 amide bonds. The van der Waals surface area contributed by atoms with Crippen LogP contribution in [0.3, 0.4) is 0 Å². The molecule has 1 rings (SSSR count). The molecule has 1 aromatic carbocycles. The molecule has 0 aliphatic heterocycles. The third kappa shape index (κ3) is 3.91. The summed E-state index contributed by atoms with van der Waals surface area (Å²) in [7, 11) is 0. The summed E-state index contributed by atoms with van der Waals surface area (Å²) < 4.78 is 5.62. The summed E-state index contributed by atoms with van der Waals surface area (Å²) >= 11 is 3.37. The molecule has 0 radical (unpaired) electrons. The van der Waals surface area contributed by atoms with Crippen LogP contribution in [-0.4, -0.2) is 12.6 Å². The number of azide groups is 1. The quantitative estimate of drug-likeness (QED) is 0.277. The van der Waals surface area contributed by atoms with E-state index in [0.29, 0.717) is 0 Å². The van der Waals surface area contributed by atoms with E-state index in [1.54, 1.807) is 6.92 Å². The fourth-order valence-electron chi connectivity index (χ4n) is 1.30. The number of esters is 1. The Hall–Kier alpha value is -1.78. The standard InChI is InChI=1S/C12H12BrN3O2/c1-3-18-12(17)11(15-16-14)7-9-6-8(2)4-5-10(9)13/h4-7H,3H2,1-2H3. The maximum atomic E-state index is 11.6. The number of aryl methyl sites for hydroxylation is 1. The van der Waals surface area contributed by atoms with Gasteiger partial charge in [0.05, 0.1) is 6.61 Å². The second-order valence-corrected chi connectivity index (χ2v) is 4.32. The third-order valence-corrected chi connectivity index (χ3v) is 2.80. The van der Waals surface area contributed by atoms with E-state index in [-0.39, 0.29) is 12.3 Å². The molecule has 0 N–H and O–H groups in total. The highest BCUT2D eigenvalue weighted by Crippen LogP contribution is 2.21. The third-order valence-electron chi connectivity index (χ3n) is 2.08. The molecule has 0 atom stereocenters. The number of carbonyl (C=O) groups is 1. The molecule has 0 saturated carbocycles. The van der Waals surface area contributed by atoms with Gasteiger partial charge < -0.3 is 4.74 Å². The fraction of sp³-hybridized carbons (Fsp3) is 0.250. The number of halogens is 1. The van der Waals surface area contributed by atoms with Crippen LogP contribution in [0.25, 0.3) is 16.5 Å². The second kappa shape index (κ2) is 6.83. The first-order valence-electron chi connectivity index (χ1n) is 5.28. The predicted octanol–water partition coefficient (Wildman–Crippen LogP) is 3.97. The minimum Gasteiger partial charge on any atom is -0.462 e. The van der Waals surface area contributed by atoms with Gasteiger partial charge in [0, 0.05) is 9.38 Å². The summed E-state index contributed by atoms with van der Waals surface area (Å²) in [6.07, 6.45) is 1.49. The van der Waals surface area contributed by atoms with Gasteiger partial charge >= 0.3 is 5.97 Å². The molecule has 0 unspecified atom stereocenters. The Morgan fingerprint density at radius 3 is 2.94 bits per heavy atom. The van der Waals surface area contributed by atoms with Crippen LogP contribution in [0, 0.1) is 6.92 Å². The molecule has 6 heteroatoms. The van der Waals surface area contributed by atoms with Crippen LogP contribution in [0.5, 0.6) is 0 Å². The zero-order valence-corrected chi connectivity index (χ0v) is 11.6. The molecule has 1 aromatic rings. The number of rotatable bonds is 4. The minimum absolute atomic E-state index is 0.0642. The molecule has 0 aromatic heterocycles. The highest BCUT2D eigenvalue weighted by molar-refractivity contribution is 9.10. The summed E-state index contributed by atoms with van der Waals surface area (Å²) in [6.45, 7) is 3.85. The molecular formula is C12H12BrN3O2. The van der Waals surface area contributed by atoms with Crippen molar-refractivity contribution in [1.82, 2.24) is 0 Å². The Morgan fingerprint density at radius 1 is 1.61 bits per heavy atom. The molecular weight excluding hydrogens is 298 g/mol. The first kappa shape index (κ1) is 14.3. The van der Waals surface area contributed by atoms with E-state index in [1.165, 1.54) is 6.08 Å². The van der Waals surface area contributed by atoms with E-state index in [1.807, 2.05) is 25.1 Å². The second-order valence-electron chi connectivity index (χ2n) is 3.46. The van der Waals surface area contributed by atoms with Crippen LogP contribution >= 0.6 is 15.9 Å². The Labute approximate surface area is 113 Å². The van der Waals surface area contributed by atoms with Crippen LogP contribution in [0.15, 0.2) is 33.5 Å². The molecule has 0 fully saturated rings. The van der Waals surface area contributed by atoms with Gasteiger partial charge in [0.25, 0.3) is 0 Å². The zero-order chi connectivity index (χ0) is 13.5. The maximum Gasteiger partial charge on any atom is 0.340 e. The predicted molar refractivity (Wildman–Crippen MR) is 72.6 cm³/mol. The normalized spacial score (nSPS) is 10.7. The molecule has 0 aliphatic rings. The molecule has 0 bridgehead atoms. The number of hydrogen-bond acceptors (Lipinski definition) is 3. The average molecular weight is 310 g/mol. The van der Waals surface area contributed by atoms with Crippen molar-refractivity contribution < 1.29 is 9.53 Å². The number of carbonyl (C=O) groups excluding carboxylic acids is 1. The van der Waals surface area contributed by atoms with Crippen molar-refractivity contribution in [3.8, 4) is 0 Å². The van der Waals surface area contributed by atoms with Crippen molar-refractivity contribution in [3.05, 3.63) is 49.9 Å². The monoisotopic (exact) mass is 309 g/mol. The molecule has 0 saturated heterocycles. The fourth-order valence-corrected chi connectivity index (χ4v) is 1.66. The summed E-state index contributed by atoms with van der Waals surface area (Å²) in [5.41, 5.74) is 10.2. The number of nitrogens with zero attached hydrogens (tertiary/aromatic N) is 3. The van der Waals surface area contributed by atoms with Gasteiger partial charge in [-0.3, -0.25) is 0 Å². The van der Waals surface area contributed by atoms with Gasteiger partial charge in [-0.05, 0) is 37.1 Å². The van der Waals surface area contributed by atoms with Crippen molar-refractivity contribution in [2.45, 2.75) is 13.8 Å². The lowest BCUT2D eigenvalue weighted by Gasteiger charge is -2.04. The molecule has 0 spiro atoms. The molecule has 0 heterocycles. The first-order chi connectivity index (χ1) is 8.58. The lowest BCUT2D eigenvalue weighted by Crippen LogP contribution is -2.05. The lowest BCUT2D eigenvalue weighted by molar-refractivity contribution is -0.138. The number of ether oxygens (including phenoxy) is 1. The summed E-state index contributed by atoms with van der Waals surface area (Å²) in [5, 5.41) is 3.36. The van der Waals surface area contributed by atoms with Crippen molar-refractivity contribution in [2.24, 2.45) is 5.11 Å². The average Bonchev–Trinajstić information content (AvgIpc) is 2.33. The molecule has 0 aliphatic carbocycles. The van der Waals surface area contributed by atoms with Crippen LogP contribution in [0.4, 0.5) is 0 Å². The summed E-state index contributed by atoms with van der Waals surface area (Å²) in [5.74, 6) is -0.635. The van der Waals surface area contributed by atoms with Crippen LogP contribution in [0.1, 0.15) is 18.1 Å². The Balaban J connectivity index is 3.19. The van der Waals surface area contributed by atoms with Crippen molar-refractivity contribution in [3.63, 3.8) is 0 Å². The number of hydrogen-bond donors (Lipinski definition) is 0. The van der Waals surface area contributed by atoms with Gasteiger partial charge in [0.2, 0.25) is 0 Å². The first-order valence-corrected chi connectivity index (χ1v) is 6.08. The minimum atomic E-state index is -0.635. The van der Waals surface area contributed by atoms with Gasteiger partial charge in [0.1, 0.15) is 5.70 Å². The smallest absolute Gasteiger partial charge is 0.340 e. The molecule has 18 heavy (non-hydrogen) atoms. The van der Waals surface area contributed by atoms with Crippen molar-refractivity contribution in [1.29, 1.82) is 0 Å². The Bertz CT molecular complexity index is 534. The maximum absolute atomic E-state index is 11.6. The highest BCUT2D eigenvalue weighted by Gasteiger charge is 2.09. The summed E-state index contributed by atoms with van der Waals surface area (Å²) in [4.78, 5) is 14.2. The summed E-state index contributed by atoms with van der Waals surface area (Å²) in [6, 6.07) is 5.66. The Morgan fingerprint density at radius 2 is 2.33 bits per heavy atom. The van der Waals surface area contributed by atoms with E-state index in [9.17, 15) is 4.79 Å². The van der Waals surface area contributed by atoms with Gasteiger partial charge in [-0.1, -0.05) is 38.7 Å². The van der Waals surface area contributed by atoms with Crippen LogP contribution in [0.2, 0.25) is 0 Å². The van der Waals surface area contributed by atoms with E-state index in [4.69, 9.17) is 10.3 Å². The van der Waals surface area contributed by atoms with Crippen molar-refractivity contribution >= 4 is 28.0 Å². The Kier molecular flexibility index (Phi) is 5.42. The van der Waals surface area contributed by atoms with Gasteiger partial charge in [-0.2, -0.15) is 0 Å². The van der Waals surface area contributed by atoms with Crippen LogP contribution in [-0.2, 0) is 9.53 Å². The highest BCUT2D eigenvalue weighted by atomic mass is 79.9. The molecule has 94 valence electrons. The van der Waals surface area contributed by atoms with E-state index in [2.05, 4.69) is 26.0 Å². The van der Waals surface area contributed by atoms with Crippen LogP contribution < -0.4 is 0 Å². The molecule has 5 nitrogen and oxygen atoms in total. The van der Waals surface area contributed by atoms with Gasteiger partial charge in [-0.15, -0.1) is 0 Å². The SMILES string of the molecule is CCOC(=O)C(=Cc1cc(C)ccc1Br)N=[N+]=[N-]. The van der Waals surface area contributed by atoms with E-state index >= 15 is 0 Å². The topological polar surface area (TPSA) is 75.1 Å². The van der Waals surface area contributed by atoms with Crippen molar-refractivity contribution in [2.75, 3.05) is 6.61 Å². The van der Waals surface area contributed by atoms with E-state index < -0.39 is 5.97 Å². The van der Waals surface area contributed by atoms with E-state index in [0.717, 1.165) is 15.6 Å². The van der Waals surface area contributed by atoms with Gasteiger partial charge in [0.15, 0.2) is 0 Å².